The van der Waals surface area contributed by atoms with Crippen LogP contribution in [0.1, 0.15) is 44.8 Å². The second-order valence-corrected chi connectivity index (χ2v) is 7.48. The quantitative estimate of drug-likeness (QED) is 0.226. The molecular weight excluding hydrogens is 448 g/mol. The normalized spacial score (nSPS) is 11.3. The molecule has 0 aliphatic carbocycles. The number of carbonyl (C=O) groups is 3. The lowest BCUT2D eigenvalue weighted by Gasteiger charge is -2.14. The molecule has 3 aromatic rings. The van der Waals surface area contributed by atoms with Gasteiger partial charge in [0.2, 0.25) is 0 Å². The van der Waals surface area contributed by atoms with E-state index in [4.69, 9.17) is 16.3 Å². The summed E-state index contributed by atoms with van der Waals surface area (Å²) in [6.45, 7) is 1.26. The molecule has 0 saturated heterocycles. The van der Waals surface area contributed by atoms with Gasteiger partial charge in [-0.15, -0.1) is 0 Å². The van der Waals surface area contributed by atoms with Crippen molar-refractivity contribution in [3.63, 3.8) is 0 Å². The summed E-state index contributed by atoms with van der Waals surface area (Å²) in [7, 11) is 0. The summed E-state index contributed by atoms with van der Waals surface area (Å²) in [5.74, 6) is -1.99. The molecule has 0 spiro atoms. The smallest absolute Gasteiger partial charge is 0.339 e. The maximum atomic E-state index is 12.9. The molecule has 0 saturated carbocycles. The molecule has 1 N–H and O–H groups in total. The first-order valence-corrected chi connectivity index (χ1v) is 10.2. The van der Waals surface area contributed by atoms with Gasteiger partial charge in [-0.3, -0.25) is 19.7 Å². The number of ketones is 1. The number of esters is 1. The van der Waals surface area contributed by atoms with Crippen molar-refractivity contribution in [2.75, 3.05) is 6.61 Å². The topological polar surface area (TPSA) is 116 Å². The molecule has 0 aliphatic rings. The predicted octanol–water partition coefficient (Wildman–Crippen LogP) is 4.51. The third-order valence-electron chi connectivity index (χ3n) is 4.81. The number of halogens is 1. The highest BCUT2D eigenvalue weighted by Crippen LogP contribution is 2.27. The maximum absolute atomic E-state index is 12.9. The summed E-state index contributed by atoms with van der Waals surface area (Å²) in [6, 6.07) is 18.5. The van der Waals surface area contributed by atoms with Crippen LogP contribution in [0.2, 0.25) is 5.02 Å². The molecule has 1 unspecified atom stereocenters. The highest BCUT2D eigenvalue weighted by atomic mass is 35.5. The number of benzene rings is 3. The fraction of sp³-hybridized carbons (Fsp3) is 0.125. The van der Waals surface area contributed by atoms with E-state index in [0.717, 1.165) is 11.6 Å². The lowest BCUT2D eigenvalue weighted by atomic mass is 9.98. The Balaban J connectivity index is 1.71. The number of nitrogens with zero attached hydrogens (tertiary/aromatic N) is 1. The van der Waals surface area contributed by atoms with E-state index in [1.54, 1.807) is 13.0 Å². The molecule has 0 fully saturated rings. The van der Waals surface area contributed by atoms with Gasteiger partial charge in [-0.05, 0) is 30.7 Å². The molecule has 3 aromatic carbocycles. The monoisotopic (exact) mass is 466 g/mol. The molecule has 33 heavy (non-hydrogen) atoms. The average Bonchev–Trinajstić information content (AvgIpc) is 2.82. The van der Waals surface area contributed by atoms with Crippen LogP contribution >= 0.6 is 11.6 Å². The summed E-state index contributed by atoms with van der Waals surface area (Å²) >= 11 is 5.80. The average molecular weight is 467 g/mol. The van der Waals surface area contributed by atoms with Crippen LogP contribution in [0.25, 0.3) is 0 Å². The lowest BCUT2D eigenvalue weighted by molar-refractivity contribution is -0.384. The van der Waals surface area contributed by atoms with Crippen molar-refractivity contribution >= 4 is 34.9 Å². The Hall–Kier alpha value is -4.04. The van der Waals surface area contributed by atoms with E-state index in [1.807, 2.05) is 30.3 Å². The van der Waals surface area contributed by atoms with E-state index >= 15 is 0 Å². The SMILES string of the molecule is CC(NC(=O)COC(=O)c1ccccc1C(=O)c1ccc(Cl)c([N+](=O)[O-])c1)c1ccccc1. The first-order valence-electron chi connectivity index (χ1n) is 9.87. The second-order valence-electron chi connectivity index (χ2n) is 7.07. The molecule has 1 amide bonds. The zero-order valence-electron chi connectivity index (χ0n) is 17.5. The van der Waals surface area contributed by atoms with Crippen LogP contribution in [0.5, 0.6) is 0 Å². The number of nitro benzene ring substituents is 1. The van der Waals surface area contributed by atoms with E-state index in [1.165, 1.54) is 30.3 Å². The summed E-state index contributed by atoms with van der Waals surface area (Å²) in [4.78, 5) is 48.2. The molecule has 3 rings (SSSR count). The highest BCUT2D eigenvalue weighted by Gasteiger charge is 2.23. The third kappa shape index (κ3) is 5.81. The minimum atomic E-state index is -0.870. The molecule has 168 valence electrons. The highest BCUT2D eigenvalue weighted by molar-refractivity contribution is 6.33. The first kappa shape index (κ1) is 23.6. The van der Waals surface area contributed by atoms with Crippen LogP contribution in [0.15, 0.2) is 72.8 Å². The number of nitrogens with one attached hydrogen (secondary N) is 1. The number of nitro groups is 1. The summed E-state index contributed by atoms with van der Waals surface area (Å²) in [5, 5.41) is 13.7. The van der Waals surface area contributed by atoms with Crippen molar-refractivity contribution in [3.8, 4) is 0 Å². The minimum Gasteiger partial charge on any atom is -0.452 e. The second kappa shape index (κ2) is 10.5. The van der Waals surface area contributed by atoms with E-state index < -0.39 is 34.9 Å². The van der Waals surface area contributed by atoms with Gasteiger partial charge in [0.25, 0.3) is 11.6 Å². The van der Waals surface area contributed by atoms with Gasteiger partial charge in [0, 0.05) is 17.2 Å². The van der Waals surface area contributed by atoms with Crippen LogP contribution < -0.4 is 5.32 Å². The number of carbonyl (C=O) groups excluding carboxylic acids is 3. The molecule has 0 aliphatic heterocycles. The van der Waals surface area contributed by atoms with Gasteiger partial charge in [-0.25, -0.2) is 4.79 Å². The van der Waals surface area contributed by atoms with Crippen molar-refractivity contribution in [2.45, 2.75) is 13.0 Å². The molecule has 8 nitrogen and oxygen atoms in total. The molecular formula is C24H19ClN2O6. The Morgan fingerprint density at radius 2 is 1.64 bits per heavy atom. The number of hydrogen-bond donors (Lipinski definition) is 1. The lowest BCUT2D eigenvalue weighted by Crippen LogP contribution is -2.31. The predicted molar refractivity (Wildman–Crippen MR) is 121 cm³/mol. The number of hydrogen-bond acceptors (Lipinski definition) is 6. The molecule has 0 aromatic heterocycles. The van der Waals surface area contributed by atoms with Gasteiger partial charge in [0.15, 0.2) is 12.4 Å². The van der Waals surface area contributed by atoms with Crippen molar-refractivity contribution in [3.05, 3.63) is 110 Å². The molecule has 9 heteroatoms. The van der Waals surface area contributed by atoms with E-state index in [-0.39, 0.29) is 27.8 Å². The Morgan fingerprint density at radius 1 is 1.00 bits per heavy atom. The Labute approximate surface area is 194 Å². The summed E-state index contributed by atoms with van der Waals surface area (Å²) < 4.78 is 5.10. The third-order valence-corrected chi connectivity index (χ3v) is 5.13. The van der Waals surface area contributed by atoms with Crippen LogP contribution in [0.4, 0.5) is 5.69 Å². The Kier molecular flexibility index (Phi) is 7.53. The standard InChI is InChI=1S/C24H19ClN2O6/c1-15(16-7-3-2-4-8-16)26-22(28)14-33-24(30)19-10-6-5-9-18(19)23(29)17-11-12-20(25)21(13-17)27(31)32/h2-13,15H,14H2,1H3,(H,26,28). The van der Waals surface area contributed by atoms with Crippen molar-refractivity contribution < 1.29 is 24.0 Å². The van der Waals surface area contributed by atoms with Crippen LogP contribution in [0.3, 0.4) is 0 Å². The van der Waals surface area contributed by atoms with Gasteiger partial charge in [0.05, 0.1) is 16.5 Å². The number of amides is 1. The molecule has 0 bridgehead atoms. The minimum absolute atomic E-state index is 0.0132. The van der Waals surface area contributed by atoms with Gasteiger partial charge in [0.1, 0.15) is 5.02 Å². The number of ether oxygens (including phenoxy) is 1. The molecule has 0 radical (unpaired) electrons. The zero-order chi connectivity index (χ0) is 24.0. The van der Waals surface area contributed by atoms with Gasteiger partial charge in [-0.1, -0.05) is 60.1 Å². The first-order chi connectivity index (χ1) is 15.8. The van der Waals surface area contributed by atoms with E-state index in [9.17, 15) is 24.5 Å². The largest absolute Gasteiger partial charge is 0.452 e. The van der Waals surface area contributed by atoms with E-state index in [0.29, 0.717) is 0 Å². The van der Waals surface area contributed by atoms with E-state index in [2.05, 4.69) is 5.32 Å². The van der Waals surface area contributed by atoms with Crippen LogP contribution in [0, 0.1) is 10.1 Å². The van der Waals surface area contributed by atoms with Gasteiger partial charge >= 0.3 is 5.97 Å². The molecule has 0 heterocycles. The van der Waals surface area contributed by atoms with Gasteiger partial charge in [-0.2, -0.15) is 0 Å². The van der Waals surface area contributed by atoms with Crippen LogP contribution in [-0.4, -0.2) is 29.2 Å². The van der Waals surface area contributed by atoms with Crippen molar-refractivity contribution in [1.29, 1.82) is 0 Å². The number of rotatable bonds is 8. The Bertz CT molecular complexity index is 1210. The van der Waals surface area contributed by atoms with Crippen molar-refractivity contribution in [1.82, 2.24) is 5.32 Å². The van der Waals surface area contributed by atoms with Crippen molar-refractivity contribution in [2.24, 2.45) is 0 Å². The summed E-state index contributed by atoms with van der Waals surface area (Å²) in [6.07, 6.45) is 0. The van der Waals surface area contributed by atoms with Crippen LogP contribution in [-0.2, 0) is 9.53 Å². The molecule has 1 atom stereocenters. The fourth-order valence-corrected chi connectivity index (χ4v) is 3.31. The Morgan fingerprint density at radius 3 is 2.30 bits per heavy atom. The zero-order valence-corrected chi connectivity index (χ0v) is 18.2. The maximum Gasteiger partial charge on any atom is 0.339 e. The van der Waals surface area contributed by atoms with Gasteiger partial charge < -0.3 is 10.1 Å². The summed E-state index contributed by atoms with van der Waals surface area (Å²) in [5.41, 5.74) is 0.374. The fourth-order valence-electron chi connectivity index (χ4n) is 3.13.